The molecule has 0 amide bonds. The van der Waals surface area contributed by atoms with Crippen LogP contribution in [0.5, 0.6) is 0 Å². The van der Waals surface area contributed by atoms with Crippen molar-refractivity contribution in [1.29, 1.82) is 0 Å². The highest BCUT2D eigenvalue weighted by Crippen LogP contribution is 2.56. The molecule has 0 aromatic carbocycles. The van der Waals surface area contributed by atoms with Gasteiger partial charge in [0.15, 0.2) is 11.6 Å². The van der Waals surface area contributed by atoms with Gasteiger partial charge in [0.2, 0.25) is 0 Å². The number of hydrogen-bond acceptors (Lipinski definition) is 10. The molecule has 1 saturated heterocycles. The molecule has 2 aliphatic heterocycles. The third-order valence-corrected chi connectivity index (χ3v) is 12.6. The van der Waals surface area contributed by atoms with Crippen LogP contribution >= 0.6 is 0 Å². The van der Waals surface area contributed by atoms with Crippen molar-refractivity contribution >= 4 is 29.3 Å². The van der Waals surface area contributed by atoms with E-state index in [1.807, 2.05) is 46.8 Å². The lowest BCUT2D eigenvalue weighted by Gasteiger charge is -2.51. The molecule has 10 heteroatoms. The molecule has 10 nitrogen and oxygen atoms in total. The number of ketones is 3. The smallest absolute Gasteiger partial charge is 0.313 e. The molecule has 4 aliphatic rings. The van der Waals surface area contributed by atoms with Crippen LogP contribution in [0.4, 0.5) is 0 Å². The van der Waals surface area contributed by atoms with E-state index in [0.29, 0.717) is 49.7 Å². The summed E-state index contributed by atoms with van der Waals surface area (Å²) in [7, 11) is 1.26. The van der Waals surface area contributed by atoms with Crippen molar-refractivity contribution in [3.05, 3.63) is 46.1 Å². The Kier molecular flexibility index (Phi) is 13.4. The highest BCUT2D eigenvalue weighted by Gasteiger charge is 2.60. The summed E-state index contributed by atoms with van der Waals surface area (Å²) in [5.74, 6) is -4.91. The number of rotatable bonds is 3. The third kappa shape index (κ3) is 9.03. The molecule has 53 heavy (non-hydrogen) atoms. The normalized spacial score (nSPS) is 39.7. The Balaban J connectivity index is 2.06. The fourth-order valence-electron chi connectivity index (χ4n) is 9.19. The number of ether oxygens (including phenoxy) is 3. The summed E-state index contributed by atoms with van der Waals surface area (Å²) in [6.45, 7) is 15.7. The predicted molar refractivity (Wildman–Crippen MR) is 200 cm³/mol. The molecule has 0 aromatic rings. The standard InChI is InChI=1S/C43H62O10/c1-24(2)31-21-35(46)27(5)13-11-12-25(3)18-30(45)23-43(40(48)51-10)33-19-26(4)14-15-36-41(8,49)17-16-37(53-36)42(9,50)38(52-29(7)44)22-32(33)28(6)20-34(43)39(31)47/h13,18-19,24,31,33-34,36-38,49-50H,11-12,14-17,20-23H2,1-10H3/b25-18-,26-19+,27-13+/t31-,33-,34+,36+,37+,38-,41+,42-,43+/m0/s1. The molecule has 2 aliphatic carbocycles. The monoisotopic (exact) mass is 738 g/mol. The fraction of sp³-hybridized carbons (Fsp3) is 0.698. The summed E-state index contributed by atoms with van der Waals surface area (Å²) in [5.41, 5.74) is -0.967. The molecule has 2 N–H and O–H groups in total. The molecule has 0 spiro atoms. The van der Waals surface area contributed by atoms with Gasteiger partial charge in [-0.2, -0.15) is 0 Å². The minimum atomic E-state index is -1.73. The zero-order chi connectivity index (χ0) is 39.6. The zero-order valence-corrected chi connectivity index (χ0v) is 33.5. The van der Waals surface area contributed by atoms with Gasteiger partial charge in [0.1, 0.15) is 17.5 Å². The largest absolute Gasteiger partial charge is 0.469 e. The van der Waals surface area contributed by atoms with Gasteiger partial charge in [-0.05, 0) is 104 Å². The molecular weight excluding hydrogens is 676 g/mol. The molecule has 9 atom stereocenters. The summed E-state index contributed by atoms with van der Waals surface area (Å²) in [4.78, 5) is 70.4. The average Bonchev–Trinajstić information content (AvgIpc) is 3.06. The molecule has 294 valence electrons. The summed E-state index contributed by atoms with van der Waals surface area (Å²) in [6, 6.07) is 0. The third-order valence-electron chi connectivity index (χ3n) is 12.6. The average molecular weight is 739 g/mol. The van der Waals surface area contributed by atoms with Crippen LogP contribution in [-0.2, 0) is 38.2 Å². The number of Topliss-reactive ketones (excluding diaryl/α,β-unsaturated/α-hetero) is 2. The van der Waals surface area contributed by atoms with Crippen LogP contribution < -0.4 is 0 Å². The Morgan fingerprint density at radius 1 is 0.943 bits per heavy atom. The van der Waals surface area contributed by atoms with E-state index in [-0.39, 0.29) is 49.0 Å². The summed E-state index contributed by atoms with van der Waals surface area (Å²) < 4.78 is 17.9. The van der Waals surface area contributed by atoms with E-state index in [2.05, 4.69) is 0 Å². The Morgan fingerprint density at radius 2 is 1.62 bits per heavy atom. The molecule has 0 aromatic heterocycles. The molecule has 1 fully saturated rings. The van der Waals surface area contributed by atoms with Gasteiger partial charge in [-0.15, -0.1) is 0 Å². The summed E-state index contributed by atoms with van der Waals surface area (Å²) in [6.07, 6.45) is 5.14. The number of hydrogen-bond donors (Lipinski definition) is 2. The Labute approximate surface area is 315 Å². The van der Waals surface area contributed by atoms with E-state index in [1.54, 1.807) is 20.8 Å². The zero-order valence-electron chi connectivity index (χ0n) is 33.5. The van der Waals surface area contributed by atoms with Crippen LogP contribution in [-0.4, -0.2) is 76.1 Å². The van der Waals surface area contributed by atoms with Gasteiger partial charge in [0, 0.05) is 43.9 Å². The van der Waals surface area contributed by atoms with Gasteiger partial charge in [-0.1, -0.05) is 48.3 Å². The van der Waals surface area contributed by atoms with Crippen LogP contribution in [0.1, 0.15) is 127 Å². The van der Waals surface area contributed by atoms with Crippen molar-refractivity contribution in [2.24, 2.45) is 29.1 Å². The van der Waals surface area contributed by atoms with Gasteiger partial charge in [0.25, 0.3) is 0 Å². The van der Waals surface area contributed by atoms with Crippen molar-refractivity contribution in [3.8, 4) is 0 Å². The summed E-state index contributed by atoms with van der Waals surface area (Å²) in [5, 5.41) is 23.6. The van der Waals surface area contributed by atoms with Crippen LogP contribution in [0.3, 0.4) is 0 Å². The van der Waals surface area contributed by atoms with Crippen LogP contribution in [0.2, 0.25) is 0 Å². The minimum absolute atomic E-state index is 0.00736. The fourth-order valence-corrected chi connectivity index (χ4v) is 9.19. The van der Waals surface area contributed by atoms with E-state index in [0.717, 1.165) is 16.7 Å². The Morgan fingerprint density at radius 3 is 2.25 bits per heavy atom. The number of methoxy groups -OCH3 is 1. The number of fused-ring (bicyclic) bond motifs is 5. The highest BCUT2D eigenvalue weighted by molar-refractivity contribution is 6.01. The van der Waals surface area contributed by atoms with E-state index in [4.69, 9.17) is 14.2 Å². The van der Waals surface area contributed by atoms with Gasteiger partial charge < -0.3 is 24.4 Å². The van der Waals surface area contributed by atoms with E-state index in [1.165, 1.54) is 20.1 Å². The molecule has 4 rings (SSSR count). The van der Waals surface area contributed by atoms with E-state index >= 15 is 4.79 Å². The molecule has 0 radical (unpaired) electrons. The second-order valence-electron chi connectivity index (χ2n) is 17.1. The van der Waals surface area contributed by atoms with Crippen molar-refractivity contribution in [3.63, 3.8) is 0 Å². The first-order chi connectivity index (χ1) is 24.6. The first kappa shape index (κ1) is 42.5. The van der Waals surface area contributed by atoms with Crippen molar-refractivity contribution in [1.82, 2.24) is 0 Å². The second-order valence-corrected chi connectivity index (χ2v) is 17.1. The van der Waals surface area contributed by atoms with Crippen LogP contribution in [0.25, 0.3) is 0 Å². The lowest BCUT2D eigenvalue weighted by atomic mass is 9.52. The maximum atomic E-state index is 15.1. The first-order valence-corrected chi connectivity index (χ1v) is 19.3. The SMILES string of the molecule is COC(=O)[C@@]12CC(=O)/C=C(/C)CC/C=C(\C)C(=O)C[C@@H](C(C)C)C(=O)[C@H]1CC(C)=C1C[C@H](OC(C)=O)[C@@](C)(O)[C@H]3CC[C@@](C)(O)[C@@H](CC/C(C)=C/[C@@H]12)O3. The Hall–Kier alpha value is -3.21. The van der Waals surface area contributed by atoms with Gasteiger partial charge >= 0.3 is 11.9 Å². The van der Waals surface area contributed by atoms with Crippen molar-refractivity contribution < 1.29 is 48.4 Å². The molecule has 2 heterocycles. The number of allylic oxidation sites excluding steroid dienone is 7. The van der Waals surface area contributed by atoms with Gasteiger partial charge in [0.05, 0.1) is 30.3 Å². The number of carbonyl (C=O) groups excluding carboxylic acids is 5. The minimum Gasteiger partial charge on any atom is -0.469 e. The van der Waals surface area contributed by atoms with Gasteiger partial charge in [-0.3, -0.25) is 24.0 Å². The second kappa shape index (κ2) is 16.7. The summed E-state index contributed by atoms with van der Waals surface area (Å²) >= 11 is 0. The topological polar surface area (TPSA) is 154 Å². The lowest BCUT2D eigenvalue weighted by Crippen LogP contribution is -2.60. The maximum Gasteiger partial charge on any atom is 0.313 e. The first-order valence-electron chi connectivity index (χ1n) is 19.3. The van der Waals surface area contributed by atoms with Crippen molar-refractivity contribution in [2.45, 2.75) is 156 Å². The molecular formula is C43H62O10. The number of esters is 2. The van der Waals surface area contributed by atoms with E-state index < -0.39 is 64.6 Å². The van der Waals surface area contributed by atoms with Crippen molar-refractivity contribution in [2.75, 3.05) is 7.11 Å². The highest BCUT2D eigenvalue weighted by atomic mass is 16.6. The molecule has 2 bridgehead atoms. The quantitative estimate of drug-likeness (QED) is 0.238. The van der Waals surface area contributed by atoms with E-state index in [9.17, 15) is 29.4 Å². The van der Waals surface area contributed by atoms with Crippen LogP contribution in [0, 0.1) is 29.1 Å². The maximum absolute atomic E-state index is 15.1. The Bertz CT molecular complexity index is 1590. The molecule has 0 unspecified atom stereocenters. The lowest BCUT2D eigenvalue weighted by molar-refractivity contribution is -0.239. The predicted octanol–water partition coefficient (Wildman–Crippen LogP) is 6.66. The molecule has 0 saturated carbocycles. The van der Waals surface area contributed by atoms with Crippen LogP contribution in [0.15, 0.2) is 46.1 Å². The number of carbonyl (C=O) groups is 5. The van der Waals surface area contributed by atoms with Gasteiger partial charge in [-0.25, -0.2) is 0 Å². The number of aliphatic hydroxyl groups is 2.